The number of quaternary nitrogens is 1. The minimum Gasteiger partial charge on any atom is -0.258 e. The summed E-state index contributed by atoms with van der Waals surface area (Å²) in [5.74, 6) is 2.71. The van der Waals surface area contributed by atoms with Gasteiger partial charge in [0.2, 0.25) is 0 Å². The van der Waals surface area contributed by atoms with Crippen molar-refractivity contribution in [1.29, 1.82) is 0 Å². The molecular formula is C6H6ClN2O5S+2. The fourth-order valence-electron chi connectivity index (χ4n) is 0.903. The summed E-state index contributed by atoms with van der Waals surface area (Å²) in [6.45, 7) is 0. The standard InChI is InChI=1S/C6H6ClN2O5S/c7-4-1-2-5(9(10)11)6(3-4)15(12,13)14-8/h1-3H,8H3/q+2. The lowest BCUT2D eigenvalue weighted by Gasteiger charge is -1.96. The van der Waals surface area contributed by atoms with Crippen molar-refractivity contribution < 1.29 is 23.9 Å². The van der Waals surface area contributed by atoms with E-state index in [0.29, 0.717) is 0 Å². The first-order valence-corrected chi connectivity index (χ1v) is 5.29. The van der Waals surface area contributed by atoms with Gasteiger partial charge in [-0.2, -0.15) is 5.90 Å². The predicted molar refractivity (Wildman–Crippen MR) is 49.1 cm³/mol. The van der Waals surface area contributed by atoms with Crippen LogP contribution in [0.5, 0.6) is 0 Å². The van der Waals surface area contributed by atoms with Gasteiger partial charge in [0.15, 0.2) is 0 Å². The third kappa shape index (κ3) is 2.49. The Morgan fingerprint density at radius 2 is 2.13 bits per heavy atom. The topological polar surface area (TPSA) is 117 Å². The van der Waals surface area contributed by atoms with Gasteiger partial charge in [0.1, 0.15) is 0 Å². The third-order valence-electron chi connectivity index (χ3n) is 1.54. The lowest BCUT2D eigenvalue weighted by atomic mass is 10.3. The van der Waals surface area contributed by atoms with Crippen LogP contribution in [-0.4, -0.2) is 4.92 Å². The number of halogens is 1. The molecule has 1 aromatic carbocycles. The maximum absolute atomic E-state index is 11.2. The molecule has 1 atom stereocenters. The van der Waals surface area contributed by atoms with Crippen molar-refractivity contribution in [3.8, 4) is 0 Å². The summed E-state index contributed by atoms with van der Waals surface area (Å²) in [6, 6.07) is 3.12. The molecule has 0 aromatic heterocycles. The molecule has 0 amide bonds. The molecule has 0 aliphatic heterocycles. The first-order valence-electron chi connectivity index (χ1n) is 3.51. The monoisotopic (exact) mass is 253 g/mol. The quantitative estimate of drug-likeness (QED) is 0.480. The van der Waals surface area contributed by atoms with E-state index < -0.39 is 26.0 Å². The Bertz CT molecular complexity index is 451. The van der Waals surface area contributed by atoms with E-state index in [4.69, 9.17) is 11.6 Å². The molecule has 0 aliphatic carbocycles. The van der Waals surface area contributed by atoms with Crippen molar-refractivity contribution in [2.24, 2.45) is 0 Å². The molecule has 81 valence electrons. The minimum absolute atomic E-state index is 0.0521. The number of hydrogen-bond acceptors (Lipinski definition) is 4. The van der Waals surface area contributed by atoms with Crippen LogP contribution in [0.15, 0.2) is 23.1 Å². The van der Waals surface area contributed by atoms with E-state index in [1.807, 2.05) is 0 Å². The molecule has 7 nitrogen and oxygen atoms in total. The molecule has 15 heavy (non-hydrogen) atoms. The number of benzene rings is 1. The van der Waals surface area contributed by atoms with E-state index >= 15 is 0 Å². The van der Waals surface area contributed by atoms with Gasteiger partial charge in [-0.25, -0.2) is 0 Å². The van der Waals surface area contributed by atoms with E-state index in [0.717, 1.165) is 12.1 Å². The predicted octanol–water partition coefficient (Wildman–Crippen LogP) is 0.541. The van der Waals surface area contributed by atoms with Gasteiger partial charge in [-0.3, -0.25) is 10.1 Å². The minimum atomic E-state index is -4.23. The zero-order valence-electron chi connectivity index (χ0n) is 7.21. The van der Waals surface area contributed by atoms with Crippen LogP contribution >= 0.6 is 11.6 Å². The molecule has 0 saturated heterocycles. The average Bonchev–Trinajstić information content (AvgIpc) is 2.17. The molecule has 1 radical (unpaired) electrons. The Kier molecular flexibility index (Phi) is 3.37. The van der Waals surface area contributed by atoms with Crippen LogP contribution in [0.2, 0.25) is 5.02 Å². The van der Waals surface area contributed by atoms with Gasteiger partial charge in [0.25, 0.3) is 0 Å². The van der Waals surface area contributed by atoms with Crippen LogP contribution < -0.4 is 5.90 Å². The summed E-state index contributed by atoms with van der Waals surface area (Å²) in [6.07, 6.45) is 0. The molecule has 1 aromatic rings. The molecule has 0 bridgehead atoms. The van der Waals surface area contributed by atoms with Gasteiger partial charge in [0.05, 0.1) is 13.8 Å². The number of rotatable bonds is 3. The summed E-state index contributed by atoms with van der Waals surface area (Å²) in [4.78, 5) is 9.06. The van der Waals surface area contributed by atoms with Crippen molar-refractivity contribution in [3.05, 3.63) is 33.3 Å². The summed E-state index contributed by atoms with van der Waals surface area (Å²) in [7, 11) is -4.23. The average molecular weight is 254 g/mol. The van der Waals surface area contributed by atoms with Crippen LogP contribution in [0, 0.1) is 10.1 Å². The third-order valence-corrected chi connectivity index (χ3v) is 2.95. The van der Waals surface area contributed by atoms with Gasteiger partial charge in [-0.05, 0) is 10.3 Å². The Hall–Kier alpha value is -1.06. The maximum atomic E-state index is 11.2. The molecule has 3 N–H and O–H groups in total. The van der Waals surface area contributed by atoms with Crippen molar-refractivity contribution in [2.75, 3.05) is 0 Å². The first-order chi connectivity index (χ1) is 6.88. The normalized spacial score (nSPS) is 14.6. The lowest BCUT2D eigenvalue weighted by molar-refractivity contribution is -0.637. The van der Waals surface area contributed by atoms with Crippen molar-refractivity contribution in [3.63, 3.8) is 0 Å². The zero-order chi connectivity index (χ0) is 11.6. The Balaban J connectivity index is 3.44. The van der Waals surface area contributed by atoms with Crippen molar-refractivity contribution in [2.45, 2.75) is 4.90 Å². The SMILES string of the molecule is [NH3+]O[S+]([O])(=O)c1cc(Cl)ccc1[N+](=O)[O-]. The largest absolute Gasteiger partial charge is 0.489 e. The molecule has 0 spiro atoms. The lowest BCUT2D eigenvalue weighted by Crippen LogP contribution is -2.52. The number of hydrogen-bond donors (Lipinski definition) is 1. The molecule has 0 saturated carbocycles. The summed E-state index contributed by atoms with van der Waals surface area (Å²) in [5.41, 5.74) is -0.608. The molecule has 0 aliphatic rings. The molecule has 9 heteroatoms. The number of nitrogens with zero attached hydrogens (tertiary/aromatic N) is 1. The highest BCUT2D eigenvalue weighted by atomic mass is 35.5. The van der Waals surface area contributed by atoms with E-state index in [1.165, 1.54) is 6.07 Å². The summed E-state index contributed by atoms with van der Waals surface area (Å²) < 4.78 is 26.4. The Morgan fingerprint density at radius 1 is 1.53 bits per heavy atom. The first kappa shape index (κ1) is 12.0. The van der Waals surface area contributed by atoms with E-state index in [9.17, 15) is 18.9 Å². The molecular weight excluding hydrogens is 248 g/mol. The highest BCUT2D eigenvalue weighted by molar-refractivity contribution is 7.93. The van der Waals surface area contributed by atoms with E-state index in [-0.39, 0.29) is 5.02 Å². The molecule has 1 unspecified atom stereocenters. The maximum Gasteiger partial charge on any atom is 0.489 e. The van der Waals surface area contributed by atoms with Gasteiger partial charge in [-0.15, -0.1) is 0 Å². The summed E-state index contributed by atoms with van der Waals surface area (Å²) >= 11 is 5.52. The van der Waals surface area contributed by atoms with Gasteiger partial charge in [0, 0.05) is 17.2 Å². The number of nitro groups is 1. The zero-order valence-corrected chi connectivity index (χ0v) is 8.79. The smallest absolute Gasteiger partial charge is 0.258 e. The highest BCUT2D eigenvalue weighted by Gasteiger charge is 2.44. The van der Waals surface area contributed by atoms with Crippen LogP contribution in [0.25, 0.3) is 0 Å². The fraction of sp³-hybridized carbons (Fsp3) is 0. The molecule has 1 rings (SSSR count). The van der Waals surface area contributed by atoms with Gasteiger partial charge < -0.3 is 0 Å². The van der Waals surface area contributed by atoms with Crippen LogP contribution in [-0.2, 0) is 23.5 Å². The summed E-state index contributed by atoms with van der Waals surface area (Å²) in [5, 5.41) is 10.6. The van der Waals surface area contributed by atoms with Gasteiger partial charge in [-0.1, -0.05) is 11.6 Å². The molecule has 0 fully saturated rings. The van der Waals surface area contributed by atoms with Crippen molar-refractivity contribution >= 4 is 27.8 Å². The van der Waals surface area contributed by atoms with E-state index in [1.54, 1.807) is 0 Å². The van der Waals surface area contributed by atoms with Crippen LogP contribution in [0.4, 0.5) is 5.69 Å². The van der Waals surface area contributed by atoms with Crippen LogP contribution in [0.3, 0.4) is 0 Å². The fourth-order valence-corrected chi connectivity index (χ4v) is 1.94. The Labute approximate surface area is 90.3 Å². The van der Waals surface area contributed by atoms with Gasteiger partial charge >= 0.3 is 21.1 Å². The van der Waals surface area contributed by atoms with E-state index in [2.05, 4.69) is 10.2 Å². The second-order valence-corrected chi connectivity index (χ2v) is 4.46. The molecule has 0 heterocycles. The number of nitro benzene ring substituents is 1. The second kappa shape index (κ2) is 4.21. The highest BCUT2D eigenvalue weighted by Crippen LogP contribution is 2.30. The van der Waals surface area contributed by atoms with Crippen molar-refractivity contribution in [1.82, 2.24) is 0 Å². The second-order valence-electron chi connectivity index (χ2n) is 2.44. The van der Waals surface area contributed by atoms with Crippen LogP contribution in [0.1, 0.15) is 0 Å². The Morgan fingerprint density at radius 3 is 2.60 bits per heavy atom.